The van der Waals surface area contributed by atoms with E-state index in [0.717, 1.165) is 42.1 Å². The van der Waals surface area contributed by atoms with Crippen LogP contribution in [0.5, 0.6) is 0 Å². The number of hydrogen-bond acceptors (Lipinski definition) is 1. The van der Waals surface area contributed by atoms with E-state index in [2.05, 4.69) is 87.6 Å². The van der Waals surface area contributed by atoms with Gasteiger partial charge in [0.15, 0.2) is 0 Å². The smallest absolute Gasteiger partial charge is 0.0721 e. The first kappa shape index (κ1) is 27.2. The largest absolute Gasteiger partial charge is 0.373 e. The van der Waals surface area contributed by atoms with Crippen molar-refractivity contribution < 1.29 is 4.74 Å². The molecule has 0 aliphatic heterocycles. The Kier molecular flexibility index (Phi) is 8.34. The van der Waals surface area contributed by atoms with Gasteiger partial charge in [-0.2, -0.15) is 0 Å². The monoisotopic (exact) mass is 602 g/mol. The molecule has 0 heterocycles. The minimum absolute atomic E-state index is 0.398. The Morgan fingerprint density at radius 3 is 2.61 bits per heavy atom. The summed E-state index contributed by atoms with van der Waals surface area (Å²) < 4.78 is 7.78. The normalized spacial score (nSPS) is 38.8. The highest BCUT2D eigenvalue weighted by Crippen LogP contribution is 2.67. The van der Waals surface area contributed by atoms with Crippen molar-refractivity contribution in [3.8, 4) is 0 Å². The average molecular weight is 603 g/mol. The van der Waals surface area contributed by atoms with Crippen LogP contribution in [0.2, 0.25) is 0 Å². The van der Waals surface area contributed by atoms with Crippen LogP contribution >= 0.6 is 22.6 Å². The Morgan fingerprint density at radius 2 is 1.83 bits per heavy atom. The zero-order valence-electron chi connectivity index (χ0n) is 23.7. The molecule has 0 bridgehead atoms. The molecule has 1 nitrogen and oxygen atoms in total. The molecule has 0 amide bonds. The number of halogens is 1. The summed E-state index contributed by atoms with van der Waals surface area (Å²) in [5, 5.41) is 0. The first-order valence-corrected chi connectivity index (χ1v) is 16.3. The summed E-state index contributed by atoms with van der Waals surface area (Å²) in [7, 11) is 0. The van der Waals surface area contributed by atoms with Gasteiger partial charge in [-0.3, -0.25) is 0 Å². The maximum atomic E-state index is 6.48. The third-order valence-electron chi connectivity index (χ3n) is 11.6. The summed E-state index contributed by atoms with van der Waals surface area (Å²) in [4.78, 5) is 0. The van der Waals surface area contributed by atoms with Crippen molar-refractivity contribution in [3.05, 3.63) is 45.0 Å². The van der Waals surface area contributed by atoms with Gasteiger partial charge in [-0.15, -0.1) is 0 Å². The summed E-state index contributed by atoms with van der Waals surface area (Å²) in [6.07, 6.45) is 18.4. The van der Waals surface area contributed by atoms with Gasteiger partial charge in [-0.25, -0.2) is 0 Å². The van der Waals surface area contributed by atoms with Gasteiger partial charge in [-0.1, -0.05) is 77.7 Å². The Labute approximate surface area is 235 Å². The fourth-order valence-corrected chi connectivity index (χ4v) is 10.2. The second-order valence-corrected chi connectivity index (χ2v) is 15.3. The minimum atomic E-state index is 0.398. The highest BCUT2D eigenvalue weighted by atomic mass is 127. The van der Waals surface area contributed by atoms with E-state index in [1.54, 1.807) is 5.57 Å². The zero-order valence-corrected chi connectivity index (χ0v) is 25.9. The maximum absolute atomic E-state index is 6.48. The molecule has 200 valence electrons. The first-order valence-electron chi connectivity index (χ1n) is 15.3. The van der Waals surface area contributed by atoms with Gasteiger partial charge in [0.1, 0.15) is 0 Å². The highest BCUT2D eigenvalue weighted by Gasteiger charge is 2.59. The second-order valence-electron chi connectivity index (χ2n) is 14.1. The van der Waals surface area contributed by atoms with E-state index in [1.165, 1.54) is 79.8 Å². The fourth-order valence-electron chi connectivity index (χ4n) is 9.64. The number of benzene rings is 1. The van der Waals surface area contributed by atoms with Crippen molar-refractivity contribution in [1.29, 1.82) is 0 Å². The van der Waals surface area contributed by atoms with E-state index < -0.39 is 0 Å². The summed E-state index contributed by atoms with van der Waals surface area (Å²) in [5.41, 5.74) is 4.08. The van der Waals surface area contributed by atoms with Crippen LogP contribution in [-0.4, -0.2) is 6.10 Å². The third-order valence-corrected chi connectivity index (χ3v) is 12.3. The molecule has 4 unspecified atom stereocenters. The molecule has 8 atom stereocenters. The molecular weight excluding hydrogens is 551 g/mol. The molecule has 3 saturated carbocycles. The van der Waals surface area contributed by atoms with E-state index in [4.69, 9.17) is 4.74 Å². The number of allylic oxidation sites excluding steroid dienone is 1. The molecule has 0 N–H and O–H groups in total. The van der Waals surface area contributed by atoms with E-state index in [9.17, 15) is 0 Å². The van der Waals surface area contributed by atoms with Crippen molar-refractivity contribution in [2.24, 2.45) is 46.3 Å². The first-order chi connectivity index (χ1) is 17.2. The standard InChI is InChI=1S/C34H51IO/c1-23(2)8-6-9-24(3)30-14-15-31-29-13-12-26-21-28(36-22-25-10-7-11-27(35)20-25)16-18-33(26,4)32(29)17-19-34(30,31)5/h7,10-12,20,23-24,28-32H,6,8-9,13-19,21-22H2,1-5H3/t24-,28?,29?,30-,31?,32?,33+,34-/m1/s1. The van der Waals surface area contributed by atoms with Crippen LogP contribution in [0.1, 0.15) is 111 Å². The van der Waals surface area contributed by atoms with Gasteiger partial charge in [0.2, 0.25) is 0 Å². The summed E-state index contributed by atoms with van der Waals surface area (Å²) in [5.74, 6) is 5.50. The summed E-state index contributed by atoms with van der Waals surface area (Å²) in [6.45, 7) is 13.5. The third kappa shape index (κ3) is 5.25. The molecule has 1 aromatic carbocycles. The number of ether oxygens (including phenoxy) is 1. The minimum Gasteiger partial charge on any atom is -0.373 e. The van der Waals surface area contributed by atoms with Crippen molar-refractivity contribution in [2.45, 2.75) is 118 Å². The van der Waals surface area contributed by atoms with Gasteiger partial charge in [0.25, 0.3) is 0 Å². The van der Waals surface area contributed by atoms with Gasteiger partial charge in [-0.05, 0) is 138 Å². The molecule has 0 saturated heterocycles. The lowest BCUT2D eigenvalue weighted by molar-refractivity contribution is -0.0656. The molecule has 4 aliphatic rings. The van der Waals surface area contributed by atoms with Crippen molar-refractivity contribution >= 4 is 22.6 Å². The highest BCUT2D eigenvalue weighted by molar-refractivity contribution is 14.1. The Morgan fingerprint density at radius 1 is 1.00 bits per heavy atom. The quantitative estimate of drug-likeness (QED) is 0.213. The molecule has 0 radical (unpaired) electrons. The number of fused-ring (bicyclic) bond motifs is 5. The summed E-state index contributed by atoms with van der Waals surface area (Å²) in [6, 6.07) is 8.78. The van der Waals surface area contributed by atoms with Gasteiger partial charge in [0.05, 0.1) is 12.7 Å². The lowest BCUT2D eigenvalue weighted by Crippen LogP contribution is -2.51. The average Bonchev–Trinajstić information content (AvgIpc) is 3.20. The number of hydrogen-bond donors (Lipinski definition) is 0. The van der Waals surface area contributed by atoms with Crippen LogP contribution in [0.25, 0.3) is 0 Å². The molecule has 0 spiro atoms. The van der Waals surface area contributed by atoms with Crippen LogP contribution in [-0.2, 0) is 11.3 Å². The van der Waals surface area contributed by atoms with Crippen LogP contribution in [0.4, 0.5) is 0 Å². The lowest BCUT2D eigenvalue weighted by Gasteiger charge is -2.58. The molecule has 5 rings (SSSR count). The van der Waals surface area contributed by atoms with Crippen LogP contribution < -0.4 is 0 Å². The van der Waals surface area contributed by atoms with Crippen LogP contribution in [0.15, 0.2) is 35.9 Å². The van der Waals surface area contributed by atoms with E-state index in [0.29, 0.717) is 16.9 Å². The molecule has 4 aliphatic carbocycles. The predicted molar refractivity (Wildman–Crippen MR) is 161 cm³/mol. The second kappa shape index (κ2) is 11.0. The summed E-state index contributed by atoms with van der Waals surface area (Å²) >= 11 is 2.40. The van der Waals surface area contributed by atoms with E-state index in [1.807, 2.05) is 0 Å². The molecular formula is C34H51IO. The van der Waals surface area contributed by atoms with Crippen LogP contribution in [0.3, 0.4) is 0 Å². The van der Waals surface area contributed by atoms with Gasteiger partial charge >= 0.3 is 0 Å². The van der Waals surface area contributed by atoms with Gasteiger partial charge < -0.3 is 4.74 Å². The molecule has 0 aromatic heterocycles. The van der Waals surface area contributed by atoms with E-state index >= 15 is 0 Å². The van der Waals surface area contributed by atoms with E-state index in [-0.39, 0.29) is 0 Å². The number of rotatable bonds is 8. The Bertz CT molecular complexity index is 935. The predicted octanol–water partition coefficient (Wildman–Crippen LogP) is 10.2. The Balaban J connectivity index is 1.23. The molecule has 1 aromatic rings. The fraction of sp³-hybridized carbons (Fsp3) is 0.765. The van der Waals surface area contributed by atoms with Gasteiger partial charge in [0, 0.05) is 3.57 Å². The zero-order chi connectivity index (χ0) is 25.5. The lowest BCUT2D eigenvalue weighted by atomic mass is 9.47. The van der Waals surface area contributed by atoms with Crippen molar-refractivity contribution in [3.63, 3.8) is 0 Å². The van der Waals surface area contributed by atoms with Crippen LogP contribution in [0, 0.1) is 49.9 Å². The SMILES string of the molecule is CC(C)CCC[C@@H](C)[C@H]1CCC2C3CC=C4CC(OCc5cccc(I)c5)CC[C@]4(C)C3CC[C@@]21C. The Hall–Kier alpha value is -0.350. The molecule has 36 heavy (non-hydrogen) atoms. The maximum Gasteiger partial charge on any atom is 0.0721 e. The molecule has 3 fully saturated rings. The van der Waals surface area contributed by atoms with Crippen molar-refractivity contribution in [1.82, 2.24) is 0 Å². The van der Waals surface area contributed by atoms with Crippen molar-refractivity contribution in [2.75, 3.05) is 0 Å². The topological polar surface area (TPSA) is 9.23 Å². The molecule has 2 heteroatoms.